The van der Waals surface area contributed by atoms with Crippen molar-refractivity contribution in [1.29, 1.82) is 0 Å². The Bertz CT molecular complexity index is 3020. The van der Waals surface area contributed by atoms with Crippen LogP contribution >= 0.6 is 0 Å². The highest BCUT2D eigenvalue weighted by atomic mass is 15.2. The molecule has 7 aromatic carbocycles. The van der Waals surface area contributed by atoms with Gasteiger partial charge in [0.05, 0.1) is 22.1 Å². The molecule has 0 bridgehead atoms. The Hall–Kier alpha value is -6.85. The van der Waals surface area contributed by atoms with Crippen molar-refractivity contribution in [2.75, 3.05) is 0 Å². The Morgan fingerprint density at radius 3 is 1.58 bits per heavy atom. The molecule has 0 saturated carbocycles. The van der Waals surface area contributed by atoms with Gasteiger partial charge in [-0.1, -0.05) is 123 Å². The lowest BCUT2D eigenvalue weighted by molar-refractivity contribution is 0.661. The number of benzene rings is 7. The van der Waals surface area contributed by atoms with Crippen molar-refractivity contribution in [3.8, 4) is 45.5 Å². The van der Waals surface area contributed by atoms with Gasteiger partial charge in [0.15, 0.2) is 11.6 Å². The highest BCUT2D eigenvalue weighted by Gasteiger charge is 2.36. The third kappa shape index (κ3) is 4.34. The van der Waals surface area contributed by atoms with Crippen LogP contribution in [-0.4, -0.2) is 24.1 Å². The molecule has 3 aromatic heterocycles. The fraction of sp³-hybridized carbons (Fsp3) is 0.0625. The van der Waals surface area contributed by atoms with E-state index in [9.17, 15) is 0 Å². The number of fused-ring (bicyclic) bond motifs is 9. The summed E-state index contributed by atoms with van der Waals surface area (Å²) >= 11 is 0. The lowest BCUT2D eigenvalue weighted by Crippen LogP contribution is -2.14. The number of nitrogens with zero attached hydrogens (tertiary/aromatic N) is 5. The molecule has 0 amide bonds. The number of rotatable bonds is 4. The Balaban J connectivity index is 1.09. The second-order valence-corrected chi connectivity index (χ2v) is 14.5. The molecule has 53 heavy (non-hydrogen) atoms. The maximum atomic E-state index is 5.17. The van der Waals surface area contributed by atoms with Crippen LogP contribution in [-0.2, 0) is 5.41 Å². The van der Waals surface area contributed by atoms with Crippen LogP contribution in [0.5, 0.6) is 0 Å². The average molecular weight is 680 g/mol. The standard InChI is InChI=1S/C48H33N5/c1-48(2)39-20-10-6-16-33(39)37-28-38-36-19-9-11-21-41(36)52(44(38)29-40(37)48)32-26-24-31(25-27-32)46-49-45(30-14-4-3-5-15-30)50-47(51-46)53-42-22-12-7-17-34(42)35-18-8-13-23-43(35)53/h3-29H,1-2H3. The average Bonchev–Trinajstić information content (AvgIpc) is 3.80. The van der Waals surface area contributed by atoms with Gasteiger partial charge in [0.1, 0.15) is 0 Å². The van der Waals surface area contributed by atoms with Crippen molar-refractivity contribution >= 4 is 43.6 Å². The minimum Gasteiger partial charge on any atom is -0.309 e. The van der Waals surface area contributed by atoms with Gasteiger partial charge in [-0.25, -0.2) is 4.98 Å². The zero-order valence-electron chi connectivity index (χ0n) is 29.3. The van der Waals surface area contributed by atoms with Gasteiger partial charge in [-0.15, -0.1) is 0 Å². The van der Waals surface area contributed by atoms with Gasteiger partial charge in [0, 0.05) is 43.8 Å². The molecule has 5 heteroatoms. The molecular formula is C48H33N5. The van der Waals surface area contributed by atoms with Crippen molar-refractivity contribution < 1.29 is 0 Å². The fourth-order valence-electron chi connectivity index (χ4n) is 8.65. The summed E-state index contributed by atoms with van der Waals surface area (Å²) in [6.45, 7) is 4.69. The number of hydrogen-bond acceptors (Lipinski definition) is 3. The highest BCUT2D eigenvalue weighted by Crippen LogP contribution is 2.51. The van der Waals surface area contributed by atoms with Gasteiger partial charge in [-0.2, -0.15) is 9.97 Å². The molecule has 250 valence electrons. The minimum absolute atomic E-state index is 0.0888. The molecule has 1 aliphatic carbocycles. The van der Waals surface area contributed by atoms with E-state index in [0.29, 0.717) is 17.6 Å². The molecule has 3 heterocycles. The van der Waals surface area contributed by atoms with Crippen molar-refractivity contribution in [2.45, 2.75) is 19.3 Å². The molecule has 10 aromatic rings. The first-order valence-electron chi connectivity index (χ1n) is 18.1. The number of aromatic nitrogens is 5. The topological polar surface area (TPSA) is 48.5 Å². The molecule has 0 fully saturated rings. The zero-order valence-corrected chi connectivity index (χ0v) is 29.3. The summed E-state index contributed by atoms with van der Waals surface area (Å²) in [5.41, 5.74) is 12.8. The molecular weight excluding hydrogens is 647 g/mol. The smallest absolute Gasteiger partial charge is 0.238 e. The van der Waals surface area contributed by atoms with E-state index in [1.165, 1.54) is 54.8 Å². The molecule has 0 radical (unpaired) electrons. The predicted octanol–water partition coefficient (Wildman–Crippen LogP) is 11.7. The summed E-state index contributed by atoms with van der Waals surface area (Å²) in [6, 6.07) is 58.2. The summed E-state index contributed by atoms with van der Waals surface area (Å²) in [7, 11) is 0. The SMILES string of the molecule is CC1(C)c2ccccc2-c2cc3c4ccccc4n(-c4ccc(-c5nc(-c6ccccc6)nc(-n6c7ccccc7c7ccccc76)n5)cc4)c3cc21. The summed E-state index contributed by atoms with van der Waals surface area (Å²) in [4.78, 5) is 15.3. The van der Waals surface area contributed by atoms with E-state index >= 15 is 0 Å². The third-order valence-electron chi connectivity index (χ3n) is 11.2. The normalized spacial score (nSPS) is 13.2. The van der Waals surface area contributed by atoms with E-state index in [2.05, 4.69) is 169 Å². The van der Waals surface area contributed by atoms with E-state index in [4.69, 9.17) is 15.0 Å². The molecule has 0 saturated heterocycles. The molecule has 1 aliphatic rings. The van der Waals surface area contributed by atoms with Crippen LogP contribution in [0, 0.1) is 0 Å². The second-order valence-electron chi connectivity index (χ2n) is 14.5. The zero-order chi connectivity index (χ0) is 35.3. The monoisotopic (exact) mass is 679 g/mol. The fourth-order valence-corrected chi connectivity index (χ4v) is 8.65. The quantitative estimate of drug-likeness (QED) is 0.186. The molecule has 0 unspecified atom stereocenters. The van der Waals surface area contributed by atoms with E-state index in [1.807, 2.05) is 18.2 Å². The Morgan fingerprint density at radius 1 is 0.396 bits per heavy atom. The van der Waals surface area contributed by atoms with Crippen LogP contribution in [0.3, 0.4) is 0 Å². The first kappa shape index (κ1) is 29.8. The highest BCUT2D eigenvalue weighted by molar-refractivity contribution is 6.12. The van der Waals surface area contributed by atoms with Crippen LogP contribution in [0.4, 0.5) is 0 Å². The summed E-state index contributed by atoms with van der Waals surface area (Å²) in [5.74, 6) is 1.86. The van der Waals surface area contributed by atoms with Crippen LogP contribution in [0.25, 0.3) is 89.2 Å². The summed E-state index contributed by atoms with van der Waals surface area (Å²) < 4.78 is 4.56. The first-order chi connectivity index (χ1) is 26.0. The third-order valence-corrected chi connectivity index (χ3v) is 11.2. The van der Waals surface area contributed by atoms with Gasteiger partial charge in [0.25, 0.3) is 0 Å². The van der Waals surface area contributed by atoms with Gasteiger partial charge >= 0.3 is 0 Å². The lowest BCUT2D eigenvalue weighted by atomic mass is 9.82. The number of para-hydroxylation sites is 3. The van der Waals surface area contributed by atoms with E-state index in [0.717, 1.165) is 27.8 Å². The van der Waals surface area contributed by atoms with Crippen LogP contribution < -0.4 is 0 Å². The predicted molar refractivity (Wildman–Crippen MR) is 217 cm³/mol. The second kappa shape index (κ2) is 11.1. The van der Waals surface area contributed by atoms with Crippen LogP contribution in [0.2, 0.25) is 0 Å². The van der Waals surface area contributed by atoms with Crippen molar-refractivity contribution in [3.05, 3.63) is 175 Å². The van der Waals surface area contributed by atoms with E-state index in [1.54, 1.807) is 0 Å². The summed E-state index contributed by atoms with van der Waals surface area (Å²) in [5, 5.41) is 4.84. The number of hydrogen-bond donors (Lipinski definition) is 0. The molecule has 0 aliphatic heterocycles. The van der Waals surface area contributed by atoms with E-state index in [-0.39, 0.29) is 5.41 Å². The Labute approximate surface area is 306 Å². The van der Waals surface area contributed by atoms with Crippen LogP contribution in [0.1, 0.15) is 25.0 Å². The molecule has 0 N–H and O–H groups in total. The summed E-state index contributed by atoms with van der Waals surface area (Å²) in [6.07, 6.45) is 0. The van der Waals surface area contributed by atoms with Crippen molar-refractivity contribution in [2.24, 2.45) is 0 Å². The molecule has 5 nitrogen and oxygen atoms in total. The Morgan fingerprint density at radius 2 is 0.925 bits per heavy atom. The van der Waals surface area contributed by atoms with Gasteiger partial charge in [-0.3, -0.25) is 4.57 Å². The maximum Gasteiger partial charge on any atom is 0.238 e. The largest absolute Gasteiger partial charge is 0.309 e. The van der Waals surface area contributed by atoms with Crippen LogP contribution in [0.15, 0.2) is 164 Å². The first-order valence-corrected chi connectivity index (χ1v) is 18.1. The Kier molecular flexibility index (Phi) is 6.23. The molecule has 0 spiro atoms. The van der Waals surface area contributed by atoms with Gasteiger partial charge in [0.2, 0.25) is 5.95 Å². The van der Waals surface area contributed by atoms with Gasteiger partial charge < -0.3 is 4.57 Å². The lowest BCUT2D eigenvalue weighted by Gasteiger charge is -2.21. The minimum atomic E-state index is -0.0888. The maximum absolute atomic E-state index is 5.17. The van der Waals surface area contributed by atoms with Crippen molar-refractivity contribution in [1.82, 2.24) is 24.1 Å². The van der Waals surface area contributed by atoms with Crippen molar-refractivity contribution in [3.63, 3.8) is 0 Å². The molecule has 11 rings (SSSR count). The van der Waals surface area contributed by atoms with E-state index < -0.39 is 0 Å². The van der Waals surface area contributed by atoms with Gasteiger partial charge in [-0.05, 0) is 76.9 Å². The molecule has 0 atom stereocenters.